The number of rotatable bonds is 6. The summed E-state index contributed by atoms with van der Waals surface area (Å²) >= 11 is 0. The molecule has 0 bridgehead atoms. The van der Waals surface area contributed by atoms with Crippen molar-refractivity contribution in [1.82, 2.24) is 15.1 Å². The van der Waals surface area contributed by atoms with Gasteiger partial charge in [-0.2, -0.15) is 5.10 Å². The van der Waals surface area contributed by atoms with Crippen LogP contribution in [0.3, 0.4) is 0 Å². The first kappa shape index (κ1) is 15.9. The van der Waals surface area contributed by atoms with Crippen molar-refractivity contribution in [3.63, 3.8) is 0 Å². The number of aromatic nitrogens is 2. The summed E-state index contributed by atoms with van der Waals surface area (Å²) in [5, 5.41) is 6.82. The van der Waals surface area contributed by atoms with E-state index in [0.29, 0.717) is 6.54 Å². The van der Waals surface area contributed by atoms with Crippen LogP contribution in [0, 0.1) is 5.82 Å². The van der Waals surface area contributed by atoms with Crippen LogP contribution in [0.1, 0.15) is 35.8 Å². The molecule has 0 fully saturated rings. The lowest BCUT2D eigenvalue weighted by atomic mass is 10.2. The molecule has 6 heteroatoms. The Morgan fingerprint density at radius 1 is 1.23 bits per heavy atom. The normalized spacial score (nSPS) is 10.5. The number of halogens is 1. The summed E-state index contributed by atoms with van der Waals surface area (Å²) in [5.41, 5.74) is 0.617. The zero-order chi connectivity index (χ0) is 15.9. The van der Waals surface area contributed by atoms with Crippen molar-refractivity contribution >= 4 is 5.91 Å². The van der Waals surface area contributed by atoms with Gasteiger partial charge in [0.15, 0.2) is 0 Å². The number of unbranched alkanes of at least 4 members (excludes halogenated alkanes) is 1. The SMILES string of the molecule is CCCCNC(=O)c1ccc(=O)n(Cc2ccc(F)cc2)n1. The number of carbonyl (C=O) groups is 1. The molecule has 1 heterocycles. The average molecular weight is 303 g/mol. The molecule has 1 aromatic carbocycles. The summed E-state index contributed by atoms with van der Waals surface area (Å²) in [6, 6.07) is 8.52. The number of hydrogen-bond acceptors (Lipinski definition) is 3. The largest absolute Gasteiger partial charge is 0.351 e. The first-order valence-corrected chi connectivity index (χ1v) is 7.21. The molecule has 2 aromatic rings. The Morgan fingerprint density at radius 3 is 2.64 bits per heavy atom. The molecular weight excluding hydrogens is 285 g/mol. The average Bonchev–Trinajstić information content (AvgIpc) is 2.52. The quantitative estimate of drug-likeness (QED) is 0.830. The second kappa shape index (κ2) is 7.49. The highest BCUT2D eigenvalue weighted by Gasteiger charge is 2.09. The van der Waals surface area contributed by atoms with Crippen LogP contribution in [0.25, 0.3) is 0 Å². The van der Waals surface area contributed by atoms with Gasteiger partial charge in [-0.1, -0.05) is 25.5 Å². The van der Waals surface area contributed by atoms with Gasteiger partial charge in [-0.05, 0) is 30.2 Å². The number of hydrogen-bond donors (Lipinski definition) is 1. The van der Waals surface area contributed by atoms with Crippen molar-refractivity contribution in [2.24, 2.45) is 0 Å². The van der Waals surface area contributed by atoms with Crippen molar-refractivity contribution in [1.29, 1.82) is 0 Å². The Bertz CT molecular complexity index is 695. The highest BCUT2D eigenvalue weighted by atomic mass is 19.1. The van der Waals surface area contributed by atoms with Gasteiger partial charge in [0.2, 0.25) is 0 Å². The van der Waals surface area contributed by atoms with Gasteiger partial charge in [0, 0.05) is 12.6 Å². The molecule has 0 aliphatic carbocycles. The summed E-state index contributed by atoms with van der Waals surface area (Å²) in [5.74, 6) is -0.644. The Hall–Kier alpha value is -2.50. The van der Waals surface area contributed by atoms with Crippen LogP contribution in [0.2, 0.25) is 0 Å². The van der Waals surface area contributed by atoms with E-state index >= 15 is 0 Å². The predicted octanol–water partition coefficient (Wildman–Crippen LogP) is 1.96. The maximum Gasteiger partial charge on any atom is 0.271 e. The second-order valence-corrected chi connectivity index (χ2v) is 4.95. The van der Waals surface area contributed by atoms with Gasteiger partial charge >= 0.3 is 0 Å². The zero-order valence-corrected chi connectivity index (χ0v) is 12.4. The van der Waals surface area contributed by atoms with Crippen LogP contribution in [0.4, 0.5) is 4.39 Å². The summed E-state index contributed by atoms with van der Waals surface area (Å²) in [4.78, 5) is 23.8. The van der Waals surface area contributed by atoms with E-state index in [0.717, 1.165) is 18.4 Å². The molecule has 0 saturated carbocycles. The van der Waals surface area contributed by atoms with Crippen molar-refractivity contribution < 1.29 is 9.18 Å². The molecule has 0 radical (unpaired) electrons. The van der Waals surface area contributed by atoms with E-state index < -0.39 is 0 Å². The minimum atomic E-state index is -0.340. The van der Waals surface area contributed by atoms with Gasteiger partial charge in [0.1, 0.15) is 11.5 Å². The van der Waals surface area contributed by atoms with Crippen molar-refractivity contribution in [2.45, 2.75) is 26.3 Å². The summed E-state index contributed by atoms with van der Waals surface area (Å²) in [7, 11) is 0. The molecule has 22 heavy (non-hydrogen) atoms. The topological polar surface area (TPSA) is 64.0 Å². The van der Waals surface area contributed by atoms with E-state index in [1.807, 2.05) is 6.92 Å². The first-order valence-electron chi connectivity index (χ1n) is 7.21. The minimum Gasteiger partial charge on any atom is -0.351 e. The van der Waals surface area contributed by atoms with E-state index in [2.05, 4.69) is 10.4 Å². The molecule has 0 unspecified atom stereocenters. The number of benzene rings is 1. The lowest BCUT2D eigenvalue weighted by molar-refractivity contribution is 0.0945. The van der Waals surface area contributed by atoms with Crippen LogP contribution in [0.15, 0.2) is 41.2 Å². The highest BCUT2D eigenvalue weighted by Crippen LogP contribution is 2.03. The summed E-state index contributed by atoms with van der Waals surface area (Å²) in [6.45, 7) is 2.80. The van der Waals surface area contributed by atoms with E-state index in [1.165, 1.54) is 28.9 Å². The highest BCUT2D eigenvalue weighted by molar-refractivity contribution is 5.91. The molecule has 5 nitrogen and oxygen atoms in total. The number of amides is 1. The molecule has 0 atom stereocenters. The molecule has 116 valence electrons. The van der Waals surface area contributed by atoms with E-state index in [1.54, 1.807) is 12.1 Å². The van der Waals surface area contributed by atoms with Gasteiger partial charge in [0.25, 0.3) is 11.5 Å². The fourth-order valence-corrected chi connectivity index (χ4v) is 1.92. The monoisotopic (exact) mass is 303 g/mol. The van der Waals surface area contributed by atoms with Gasteiger partial charge < -0.3 is 5.32 Å². The van der Waals surface area contributed by atoms with Crippen LogP contribution < -0.4 is 10.9 Å². The minimum absolute atomic E-state index is 0.190. The van der Waals surface area contributed by atoms with E-state index in [-0.39, 0.29) is 29.5 Å². The third kappa shape index (κ3) is 4.25. The maximum absolute atomic E-state index is 12.9. The molecule has 0 aliphatic heterocycles. The van der Waals surface area contributed by atoms with Crippen molar-refractivity contribution in [3.8, 4) is 0 Å². The molecule has 0 aliphatic rings. The lowest BCUT2D eigenvalue weighted by Gasteiger charge is -2.08. The number of carbonyl (C=O) groups excluding carboxylic acids is 1. The van der Waals surface area contributed by atoms with Crippen molar-refractivity contribution in [2.75, 3.05) is 6.54 Å². The Kier molecular flexibility index (Phi) is 5.41. The molecule has 2 rings (SSSR count). The number of nitrogens with one attached hydrogen (secondary N) is 1. The molecule has 1 amide bonds. The van der Waals surface area contributed by atoms with Crippen LogP contribution in [0.5, 0.6) is 0 Å². The van der Waals surface area contributed by atoms with Crippen LogP contribution in [-0.2, 0) is 6.54 Å². The van der Waals surface area contributed by atoms with Crippen LogP contribution >= 0.6 is 0 Å². The summed E-state index contributed by atoms with van der Waals surface area (Å²) < 4.78 is 14.1. The summed E-state index contributed by atoms with van der Waals surface area (Å²) in [6.07, 6.45) is 1.87. The zero-order valence-electron chi connectivity index (χ0n) is 12.4. The standard InChI is InChI=1S/C16H18FN3O2/c1-2-3-10-18-16(22)14-8-9-15(21)20(19-14)11-12-4-6-13(17)7-5-12/h4-9H,2-3,10-11H2,1H3,(H,18,22). The van der Waals surface area contributed by atoms with E-state index in [9.17, 15) is 14.0 Å². The van der Waals surface area contributed by atoms with Gasteiger partial charge in [0.05, 0.1) is 6.54 Å². The molecule has 1 N–H and O–H groups in total. The molecule has 0 spiro atoms. The third-order valence-corrected chi connectivity index (χ3v) is 3.16. The third-order valence-electron chi connectivity index (χ3n) is 3.16. The number of nitrogens with zero attached hydrogens (tertiary/aromatic N) is 2. The Balaban J connectivity index is 2.14. The Morgan fingerprint density at radius 2 is 1.95 bits per heavy atom. The Labute approximate surface area is 127 Å². The maximum atomic E-state index is 12.9. The first-order chi connectivity index (χ1) is 10.6. The van der Waals surface area contributed by atoms with Gasteiger partial charge in [-0.3, -0.25) is 9.59 Å². The fraction of sp³-hybridized carbons (Fsp3) is 0.312. The lowest BCUT2D eigenvalue weighted by Crippen LogP contribution is -2.30. The van der Waals surface area contributed by atoms with Crippen LogP contribution in [-0.4, -0.2) is 22.2 Å². The predicted molar refractivity (Wildman–Crippen MR) is 81.2 cm³/mol. The van der Waals surface area contributed by atoms with Gasteiger partial charge in [-0.25, -0.2) is 9.07 Å². The fourth-order valence-electron chi connectivity index (χ4n) is 1.92. The molecular formula is C16H18FN3O2. The second-order valence-electron chi connectivity index (χ2n) is 4.95. The van der Waals surface area contributed by atoms with Crippen molar-refractivity contribution in [3.05, 3.63) is 63.8 Å². The smallest absolute Gasteiger partial charge is 0.271 e. The molecule has 0 saturated heterocycles. The van der Waals surface area contributed by atoms with Gasteiger partial charge in [-0.15, -0.1) is 0 Å². The molecule has 1 aromatic heterocycles. The van der Waals surface area contributed by atoms with E-state index in [4.69, 9.17) is 0 Å².